The first-order valence-electron chi connectivity index (χ1n) is 7.23. The fourth-order valence-corrected chi connectivity index (χ4v) is 2.64. The van der Waals surface area contributed by atoms with E-state index >= 15 is 0 Å². The fraction of sp³-hybridized carbons (Fsp3) is 0.562. The molecule has 0 bridgehead atoms. The van der Waals surface area contributed by atoms with Crippen molar-refractivity contribution in [3.8, 4) is 6.07 Å². The second kappa shape index (κ2) is 7.28. The van der Waals surface area contributed by atoms with Crippen molar-refractivity contribution in [2.24, 2.45) is 0 Å². The van der Waals surface area contributed by atoms with Gasteiger partial charge >= 0.3 is 0 Å². The molecule has 0 spiro atoms. The molecule has 2 rings (SSSR count). The summed E-state index contributed by atoms with van der Waals surface area (Å²) in [6.07, 6.45) is 4.08. The van der Waals surface area contributed by atoms with Crippen LogP contribution in [0.4, 0.5) is 0 Å². The Morgan fingerprint density at radius 1 is 1.32 bits per heavy atom. The lowest BCUT2D eigenvalue weighted by molar-refractivity contribution is 0.209. The molecule has 1 heterocycles. The van der Waals surface area contributed by atoms with Crippen molar-refractivity contribution < 1.29 is 0 Å². The number of piperidine rings is 1. The molecule has 19 heavy (non-hydrogen) atoms. The van der Waals surface area contributed by atoms with Gasteiger partial charge < -0.3 is 10.2 Å². The summed E-state index contributed by atoms with van der Waals surface area (Å²) in [4.78, 5) is 2.55. The van der Waals surface area contributed by atoms with Crippen LogP contribution in [0.1, 0.15) is 37.3 Å². The number of likely N-dealkylation sites (tertiary alicyclic amines) is 1. The maximum Gasteiger partial charge on any atom is 0.0991 e. The van der Waals surface area contributed by atoms with Crippen molar-refractivity contribution in [3.05, 3.63) is 35.4 Å². The quantitative estimate of drug-likeness (QED) is 0.881. The Balaban J connectivity index is 1.76. The number of hydrogen-bond donors (Lipinski definition) is 1. The molecular weight excluding hydrogens is 234 g/mol. The minimum absolute atomic E-state index is 0.490. The van der Waals surface area contributed by atoms with Crippen molar-refractivity contribution in [1.82, 2.24) is 10.2 Å². The van der Waals surface area contributed by atoms with Gasteiger partial charge in [0.2, 0.25) is 0 Å². The van der Waals surface area contributed by atoms with E-state index in [1.165, 1.54) is 37.9 Å². The zero-order valence-electron chi connectivity index (χ0n) is 11.7. The number of nitriles is 1. The van der Waals surface area contributed by atoms with E-state index in [-0.39, 0.29) is 0 Å². The van der Waals surface area contributed by atoms with Crippen LogP contribution in [0.2, 0.25) is 0 Å². The molecule has 1 fully saturated rings. The molecule has 1 aliphatic rings. The van der Waals surface area contributed by atoms with Gasteiger partial charge in [-0.1, -0.05) is 18.6 Å². The van der Waals surface area contributed by atoms with Crippen molar-refractivity contribution in [1.29, 1.82) is 5.26 Å². The summed E-state index contributed by atoms with van der Waals surface area (Å²) in [6, 6.07) is 10.5. The highest BCUT2D eigenvalue weighted by Gasteiger charge is 2.12. The molecule has 1 atom stereocenters. The van der Waals surface area contributed by atoms with Gasteiger partial charge in [-0.15, -0.1) is 0 Å². The highest BCUT2D eigenvalue weighted by Crippen LogP contribution is 2.09. The van der Waals surface area contributed by atoms with Gasteiger partial charge in [0.1, 0.15) is 0 Å². The molecule has 102 valence electrons. The van der Waals surface area contributed by atoms with Gasteiger partial charge in [-0.2, -0.15) is 5.26 Å². The van der Waals surface area contributed by atoms with Gasteiger partial charge in [-0.25, -0.2) is 0 Å². The molecule has 0 amide bonds. The van der Waals surface area contributed by atoms with Gasteiger partial charge in [-0.3, -0.25) is 0 Å². The van der Waals surface area contributed by atoms with E-state index in [4.69, 9.17) is 5.26 Å². The second-order valence-electron chi connectivity index (χ2n) is 5.46. The third-order valence-electron chi connectivity index (χ3n) is 3.69. The number of hydrogen-bond acceptors (Lipinski definition) is 3. The molecule has 1 aliphatic heterocycles. The topological polar surface area (TPSA) is 39.1 Å². The van der Waals surface area contributed by atoms with Crippen LogP contribution in [0.25, 0.3) is 0 Å². The van der Waals surface area contributed by atoms with Crippen molar-refractivity contribution >= 4 is 0 Å². The number of benzene rings is 1. The van der Waals surface area contributed by atoms with Crippen molar-refractivity contribution in [3.63, 3.8) is 0 Å². The highest BCUT2D eigenvalue weighted by molar-refractivity contribution is 5.32. The van der Waals surface area contributed by atoms with E-state index in [9.17, 15) is 0 Å². The van der Waals surface area contributed by atoms with E-state index in [2.05, 4.69) is 29.3 Å². The van der Waals surface area contributed by atoms with Gasteiger partial charge in [-0.05, 0) is 50.6 Å². The Kier molecular flexibility index (Phi) is 5.38. The lowest BCUT2D eigenvalue weighted by atomic mass is 10.1. The monoisotopic (exact) mass is 257 g/mol. The third-order valence-corrected chi connectivity index (χ3v) is 3.69. The summed E-state index contributed by atoms with van der Waals surface area (Å²) < 4.78 is 0. The van der Waals surface area contributed by atoms with Gasteiger partial charge in [0.15, 0.2) is 0 Å². The summed E-state index contributed by atoms with van der Waals surface area (Å²) in [5.74, 6) is 0. The summed E-state index contributed by atoms with van der Waals surface area (Å²) in [7, 11) is 0. The van der Waals surface area contributed by atoms with E-state index in [0.717, 1.165) is 18.7 Å². The second-order valence-corrected chi connectivity index (χ2v) is 5.46. The average molecular weight is 257 g/mol. The van der Waals surface area contributed by atoms with E-state index in [1.807, 2.05) is 18.2 Å². The predicted molar refractivity (Wildman–Crippen MR) is 77.7 cm³/mol. The molecule has 1 unspecified atom stereocenters. The molecule has 0 saturated carbocycles. The summed E-state index contributed by atoms with van der Waals surface area (Å²) in [5, 5.41) is 12.4. The Morgan fingerprint density at radius 3 is 2.84 bits per heavy atom. The first-order valence-corrected chi connectivity index (χ1v) is 7.23. The van der Waals surface area contributed by atoms with Crippen LogP contribution in [0.5, 0.6) is 0 Å². The van der Waals surface area contributed by atoms with Crippen LogP contribution in [0, 0.1) is 11.3 Å². The van der Waals surface area contributed by atoms with Crippen LogP contribution in [0.15, 0.2) is 24.3 Å². The maximum absolute atomic E-state index is 8.88. The normalized spacial score (nSPS) is 17.9. The number of nitrogens with one attached hydrogen (secondary N) is 1. The van der Waals surface area contributed by atoms with Crippen LogP contribution >= 0.6 is 0 Å². The van der Waals surface area contributed by atoms with Gasteiger partial charge in [0.25, 0.3) is 0 Å². The SMILES string of the molecule is CC(CN1CCCCC1)NCc1cccc(C#N)c1. The zero-order valence-corrected chi connectivity index (χ0v) is 11.7. The molecule has 0 aliphatic carbocycles. The number of nitrogens with zero attached hydrogens (tertiary/aromatic N) is 2. The first-order chi connectivity index (χ1) is 9.28. The van der Waals surface area contributed by atoms with Crippen LogP contribution in [-0.4, -0.2) is 30.6 Å². The van der Waals surface area contributed by atoms with E-state index in [0.29, 0.717) is 6.04 Å². The third kappa shape index (κ3) is 4.66. The summed E-state index contributed by atoms with van der Waals surface area (Å²) in [5.41, 5.74) is 1.92. The maximum atomic E-state index is 8.88. The van der Waals surface area contributed by atoms with Gasteiger partial charge in [0, 0.05) is 19.1 Å². The molecule has 0 aromatic heterocycles. The fourth-order valence-electron chi connectivity index (χ4n) is 2.64. The Bertz CT molecular complexity index is 430. The van der Waals surface area contributed by atoms with Crippen LogP contribution in [0.3, 0.4) is 0 Å². The largest absolute Gasteiger partial charge is 0.309 e. The van der Waals surface area contributed by atoms with Crippen molar-refractivity contribution in [2.45, 2.75) is 38.8 Å². The first kappa shape index (κ1) is 14.0. The van der Waals surface area contributed by atoms with Gasteiger partial charge in [0.05, 0.1) is 11.6 Å². The number of rotatable bonds is 5. The Hall–Kier alpha value is -1.37. The lowest BCUT2D eigenvalue weighted by Crippen LogP contribution is -2.41. The minimum atomic E-state index is 0.490. The Labute approximate surface area is 116 Å². The molecular formula is C16H23N3. The van der Waals surface area contributed by atoms with Crippen LogP contribution in [-0.2, 0) is 6.54 Å². The summed E-state index contributed by atoms with van der Waals surface area (Å²) >= 11 is 0. The lowest BCUT2D eigenvalue weighted by Gasteiger charge is -2.29. The standard InChI is InChI=1S/C16H23N3/c1-14(13-19-8-3-2-4-9-19)18-12-16-7-5-6-15(10-16)11-17/h5-7,10,14,18H,2-4,8-9,12-13H2,1H3. The molecule has 3 nitrogen and oxygen atoms in total. The smallest absolute Gasteiger partial charge is 0.0991 e. The van der Waals surface area contributed by atoms with Crippen LogP contribution < -0.4 is 5.32 Å². The Morgan fingerprint density at radius 2 is 2.11 bits per heavy atom. The van der Waals surface area contributed by atoms with E-state index < -0.39 is 0 Å². The average Bonchev–Trinajstić information content (AvgIpc) is 2.46. The molecule has 1 N–H and O–H groups in total. The molecule has 1 aromatic rings. The molecule has 1 aromatic carbocycles. The van der Waals surface area contributed by atoms with Crippen molar-refractivity contribution in [2.75, 3.05) is 19.6 Å². The molecule has 1 saturated heterocycles. The predicted octanol–water partition coefficient (Wildman–Crippen LogP) is 2.52. The minimum Gasteiger partial charge on any atom is -0.309 e. The molecule has 0 radical (unpaired) electrons. The highest BCUT2D eigenvalue weighted by atomic mass is 15.1. The molecule has 3 heteroatoms. The summed E-state index contributed by atoms with van der Waals surface area (Å²) in [6.45, 7) is 6.69. The zero-order chi connectivity index (χ0) is 13.5. The van der Waals surface area contributed by atoms with E-state index in [1.54, 1.807) is 0 Å².